The number of nitrogens with zero attached hydrogens (tertiary/aromatic N) is 1. The summed E-state index contributed by atoms with van der Waals surface area (Å²) in [6.07, 6.45) is 9.45. The number of rotatable bonds is 3. The molecule has 2 unspecified atom stereocenters. The van der Waals surface area contributed by atoms with E-state index in [2.05, 4.69) is 50.3 Å². The second kappa shape index (κ2) is 6.04. The molecule has 106 valence electrons. The van der Waals surface area contributed by atoms with Gasteiger partial charge >= 0.3 is 0 Å². The molecule has 2 rings (SSSR count). The smallest absolute Gasteiger partial charge is 0.0303 e. The molecule has 1 heterocycles. The van der Waals surface area contributed by atoms with Crippen LogP contribution < -0.4 is 5.32 Å². The summed E-state index contributed by atoms with van der Waals surface area (Å²) in [5.41, 5.74) is 2.94. The molecular formula is C17H28N2. The van der Waals surface area contributed by atoms with Crippen LogP contribution in [-0.2, 0) is 0 Å². The first-order valence-corrected chi connectivity index (χ1v) is 7.62. The van der Waals surface area contributed by atoms with E-state index in [4.69, 9.17) is 0 Å². The second-order valence-corrected chi connectivity index (χ2v) is 7.08. The molecule has 1 aromatic heterocycles. The van der Waals surface area contributed by atoms with Gasteiger partial charge in [-0.1, -0.05) is 18.9 Å². The van der Waals surface area contributed by atoms with E-state index in [9.17, 15) is 0 Å². The fourth-order valence-electron chi connectivity index (χ4n) is 3.11. The Bertz CT molecular complexity index is 406. The van der Waals surface area contributed by atoms with Crippen LogP contribution in [0.5, 0.6) is 0 Å². The normalized spacial score (nSPS) is 24.4. The Labute approximate surface area is 118 Å². The van der Waals surface area contributed by atoms with Gasteiger partial charge in [-0.3, -0.25) is 4.98 Å². The Balaban J connectivity index is 2.07. The van der Waals surface area contributed by atoms with Crippen molar-refractivity contribution < 1.29 is 0 Å². The first-order valence-electron chi connectivity index (χ1n) is 7.62. The third kappa shape index (κ3) is 4.31. The van der Waals surface area contributed by atoms with Gasteiger partial charge in [-0.15, -0.1) is 0 Å². The summed E-state index contributed by atoms with van der Waals surface area (Å²) < 4.78 is 0. The Morgan fingerprint density at radius 2 is 1.95 bits per heavy atom. The molecule has 0 saturated heterocycles. The Kier molecular flexibility index (Phi) is 4.62. The minimum Gasteiger partial charge on any atom is -0.312 e. The lowest BCUT2D eigenvalue weighted by atomic mass is 9.75. The Hall–Kier alpha value is -0.890. The molecule has 2 heteroatoms. The van der Waals surface area contributed by atoms with Crippen molar-refractivity contribution in [2.75, 3.05) is 6.54 Å². The van der Waals surface area contributed by atoms with E-state index in [0.717, 1.165) is 12.5 Å². The maximum Gasteiger partial charge on any atom is 0.0303 e. The average Bonchev–Trinajstić information content (AvgIpc) is 2.36. The zero-order chi connectivity index (χ0) is 13.9. The van der Waals surface area contributed by atoms with Crippen molar-refractivity contribution in [1.29, 1.82) is 0 Å². The largest absolute Gasteiger partial charge is 0.312 e. The van der Waals surface area contributed by atoms with E-state index in [1.54, 1.807) is 0 Å². The maximum absolute atomic E-state index is 4.38. The van der Waals surface area contributed by atoms with Crippen LogP contribution in [0.3, 0.4) is 0 Å². The van der Waals surface area contributed by atoms with Crippen LogP contribution in [0.1, 0.15) is 63.5 Å². The van der Waals surface area contributed by atoms with Gasteiger partial charge in [0.25, 0.3) is 0 Å². The molecular weight excluding hydrogens is 232 g/mol. The highest BCUT2D eigenvalue weighted by atomic mass is 14.9. The number of aromatic nitrogens is 1. The van der Waals surface area contributed by atoms with Crippen molar-refractivity contribution in [3.05, 3.63) is 29.6 Å². The predicted molar refractivity (Wildman–Crippen MR) is 81.4 cm³/mol. The standard InChI is InChI=1S/C17H28N2/c1-13-9-15(11-18-10-13)16-8-6-5-7-14(16)12-19-17(2,3)4/h9-11,14,16,19H,5-8,12H2,1-4H3. The highest BCUT2D eigenvalue weighted by Gasteiger charge is 2.27. The summed E-state index contributed by atoms with van der Waals surface area (Å²) in [5.74, 6) is 1.45. The lowest BCUT2D eigenvalue weighted by Crippen LogP contribution is -2.41. The van der Waals surface area contributed by atoms with Gasteiger partial charge in [0.1, 0.15) is 0 Å². The lowest BCUT2D eigenvalue weighted by molar-refractivity contribution is 0.269. The molecule has 1 aliphatic carbocycles. The molecule has 1 N–H and O–H groups in total. The molecule has 1 saturated carbocycles. The molecule has 1 fully saturated rings. The zero-order valence-corrected chi connectivity index (χ0v) is 12.9. The summed E-state index contributed by atoms with van der Waals surface area (Å²) in [7, 11) is 0. The molecule has 0 aromatic carbocycles. The van der Waals surface area contributed by atoms with Crippen LogP contribution in [0, 0.1) is 12.8 Å². The monoisotopic (exact) mass is 260 g/mol. The highest BCUT2D eigenvalue weighted by molar-refractivity contribution is 5.22. The number of hydrogen-bond acceptors (Lipinski definition) is 2. The van der Waals surface area contributed by atoms with Gasteiger partial charge in [0.15, 0.2) is 0 Å². The highest BCUT2D eigenvalue weighted by Crippen LogP contribution is 2.37. The van der Waals surface area contributed by atoms with Crippen molar-refractivity contribution in [2.45, 2.75) is 64.8 Å². The zero-order valence-electron chi connectivity index (χ0n) is 12.9. The van der Waals surface area contributed by atoms with E-state index < -0.39 is 0 Å². The summed E-state index contributed by atoms with van der Waals surface area (Å²) in [4.78, 5) is 4.38. The van der Waals surface area contributed by atoms with Crippen molar-refractivity contribution in [3.63, 3.8) is 0 Å². The Morgan fingerprint density at radius 3 is 2.63 bits per heavy atom. The summed E-state index contributed by atoms with van der Waals surface area (Å²) in [6, 6.07) is 2.33. The fraction of sp³-hybridized carbons (Fsp3) is 0.706. The van der Waals surface area contributed by atoms with Gasteiger partial charge in [-0.2, -0.15) is 0 Å². The second-order valence-electron chi connectivity index (χ2n) is 7.08. The van der Waals surface area contributed by atoms with E-state index in [0.29, 0.717) is 5.92 Å². The quantitative estimate of drug-likeness (QED) is 0.886. The van der Waals surface area contributed by atoms with Crippen molar-refractivity contribution >= 4 is 0 Å². The minimum atomic E-state index is 0.215. The average molecular weight is 260 g/mol. The minimum absolute atomic E-state index is 0.215. The SMILES string of the molecule is Cc1cncc(C2CCCCC2CNC(C)(C)C)c1. The number of hydrogen-bond donors (Lipinski definition) is 1. The molecule has 2 nitrogen and oxygen atoms in total. The first kappa shape index (κ1) is 14.5. The maximum atomic E-state index is 4.38. The summed E-state index contributed by atoms with van der Waals surface area (Å²) >= 11 is 0. The predicted octanol–water partition coefficient (Wildman–Crippen LogP) is 4.05. The van der Waals surface area contributed by atoms with Gasteiger partial charge in [-0.05, 0) is 70.0 Å². The van der Waals surface area contributed by atoms with Crippen molar-refractivity contribution in [3.8, 4) is 0 Å². The van der Waals surface area contributed by atoms with Gasteiger partial charge in [0, 0.05) is 17.9 Å². The third-order valence-electron chi connectivity index (χ3n) is 4.13. The number of pyridine rings is 1. The molecule has 1 aromatic rings. The summed E-state index contributed by atoms with van der Waals surface area (Å²) in [5, 5.41) is 3.69. The van der Waals surface area contributed by atoms with Gasteiger partial charge in [0.05, 0.1) is 0 Å². The molecule has 0 amide bonds. The van der Waals surface area contributed by atoms with Crippen molar-refractivity contribution in [2.24, 2.45) is 5.92 Å². The van der Waals surface area contributed by atoms with Crippen molar-refractivity contribution in [1.82, 2.24) is 10.3 Å². The molecule has 2 atom stereocenters. The number of aryl methyl sites for hydroxylation is 1. The van der Waals surface area contributed by atoms with Gasteiger partial charge in [-0.25, -0.2) is 0 Å². The third-order valence-corrected chi connectivity index (χ3v) is 4.13. The van der Waals surface area contributed by atoms with Crippen LogP contribution in [0.25, 0.3) is 0 Å². The fourth-order valence-corrected chi connectivity index (χ4v) is 3.11. The summed E-state index contributed by atoms with van der Waals surface area (Å²) in [6.45, 7) is 10.0. The molecule has 0 aliphatic heterocycles. The van der Waals surface area contributed by atoms with Gasteiger partial charge in [0.2, 0.25) is 0 Å². The molecule has 1 aliphatic rings. The van der Waals surface area contributed by atoms with Crippen LogP contribution in [-0.4, -0.2) is 17.1 Å². The van der Waals surface area contributed by atoms with E-state index in [-0.39, 0.29) is 5.54 Å². The first-order chi connectivity index (χ1) is 8.96. The van der Waals surface area contributed by atoms with E-state index in [1.807, 2.05) is 6.20 Å². The van der Waals surface area contributed by atoms with Crippen LogP contribution in [0.4, 0.5) is 0 Å². The van der Waals surface area contributed by atoms with Crippen LogP contribution in [0.2, 0.25) is 0 Å². The lowest BCUT2D eigenvalue weighted by Gasteiger charge is -2.34. The molecule has 0 bridgehead atoms. The molecule has 0 radical (unpaired) electrons. The molecule has 0 spiro atoms. The van der Waals surface area contributed by atoms with E-state index >= 15 is 0 Å². The topological polar surface area (TPSA) is 24.9 Å². The van der Waals surface area contributed by atoms with Gasteiger partial charge < -0.3 is 5.32 Å². The van der Waals surface area contributed by atoms with Crippen LogP contribution in [0.15, 0.2) is 18.5 Å². The van der Waals surface area contributed by atoms with E-state index in [1.165, 1.54) is 36.8 Å². The number of nitrogens with one attached hydrogen (secondary N) is 1. The van der Waals surface area contributed by atoms with Crippen LogP contribution >= 0.6 is 0 Å². The Morgan fingerprint density at radius 1 is 1.21 bits per heavy atom. The molecule has 19 heavy (non-hydrogen) atoms.